The van der Waals surface area contributed by atoms with Gasteiger partial charge < -0.3 is 9.80 Å². The van der Waals surface area contributed by atoms with Crippen molar-refractivity contribution in [3.05, 3.63) is 19.1 Å². The molecule has 1 aliphatic rings. The summed E-state index contributed by atoms with van der Waals surface area (Å²) < 4.78 is 0. The summed E-state index contributed by atoms with van der Waals surface area (Å²) in [5.74, 6) is -0.0432. The SMILES string of the molecule is CC.[CH2-]/C=C/C(=O)N1CCN(C)CC1CC#N.[Re]. The van der Waals surface area contributed by atoms with Gasteiger partial charge in [0.1, 0.15) is 0 Å². The maximum atomic E-state index is 11.7. The molecule has 4 nitrogen and oxygen atoms in total. The zero-order chi connectivity index (χ0) is 13.3. The molecule has 1 atom stereocenters. The maximum Gasteiger partial charge on any atom is 0.165 e. The third-order valence-corrected chi connectivity index (χ3v) is 2.56. The minimum Gasteiger partial charge on any atom is -0.348 e. The van der Waals surface area contributed by atoms with Crippen LogP contribution in [0.3, 0.4) is 0 Å². The molecule has 0 aliphatic carbocycles. The first-order valence-corrected chi connectivity index (χ1v) is 6.01. The van der Waals surface area contributed by atoms with Gasteiger partial charge >= 0.3 is 0 Å². The zero-order valence-corrected chi connectivity index (χ0v) is 14.1. The predicted octanol–water partition coefficient (Wildman–Crippen LogP) is 1.46. The second kappa shape index (κ2) is 11.3. The van der Waals surface area contributed by atoms with Crippen LogP contribution in [0.15, 0.2) is 12.2 Å². The molecule has 1 heterocycles. The number of carbonyl (C=O) groups is 1. The van der Waals surface area contributed by atoms with E-state index < -0.39 is 0 Å². The van der Waals surface area contributed by atoms with E-state index in [1.807, 2.05) is 20.9 Å². The van der Waals surface area contributed by atoms with Crippen LogP contribution >= 0.6 is 0 Å². The third kappa shape index (κ3) is 6.21. The van der Waals surface area contributed by atoms with Gasteiger partial charge in [-0.2, -0.15) is 5.26 Å². The molecule has 18 heavy (non-hydrogen) atoms. The third-order valence-electron chi connectivity index (χ3n) is 2.56. The Morgan fingerprint density at radius 1 is 1.50 bits per heavy atom. The maximum absolute atomic E-state index is 11.7. The van der Waals surface area contributed by atoms with Crippen LogP contribution < -0.4 is 0 Å². The largest absolute Gasteiger partial charge is 0.348 e. The molecule has 0 saturated carbocycles. The first kappa shape index (κ1) is 19.5. The molecule has 1 saturated heterocycles. The van der Waals surface area contributed by atoms with Gasteiger partial charge in [0.25, 0.3) is 0 Å². The van der Waals surface area contributed by atoms with E-state index in [0.29, 0.717) is 13.0 Å². The second-order valence-corrected chi connectivity index (χ2v) is 3.71. The molecule has 5 heteroatoms. The number of nitriles is 1. The van der Waals surface area contributed by atoms with Crippen LogP contribution in [0.4, 0.5) is 0 Å². The van der Waals surface area contributed by atoms with Crippen LogP contribution in [0.2, 0.25) is 0 Å². The summed E-state index contributed by atoms with van der Waals surface area (Å²) >= 11 is 0. The minimum absolute atomic E-state index is 0. The fourth-order valence-corrected chi connectivity index (χ4v) is 1.78. The number of allylic oxidation sites excluding steroid dienone is 1. The Morgan fingerprint density at radius 3 is 2.61 bits per heavy atom. The number of nitrogens with zero attached hydrogens (tertiary/aromatic N) is 3. The molecule has 1 fully saturated rings. The number of likely N-dealkylation sites (N-methyl/N-ethyl adjacent to an activating group) is 1. The topological polar surface area (TPSA) is 47.3 Å². The summed E-state index contributed by atoms with van der Waals surface area (Å²) in [6.45, 7) is 9.82. The fraction of sp³-hybridized carbons (Fsp3) is 0.615. The van der Waals surface area contributed by atoms with Gasteiger partial charge in [-0.1, -0.05) is 13.8 Å². The van der Waals surface area contributed by atoms with Crippen molar-refractivity contribution < 1.29 is 25.2 Å². The number of carbonyl (C=O) groups excluding carboxylic acids is 1. The van der Waals surface area contributed by atoms with Crippen molar-refractivity contribution in [1.29, 1.82) is 5.26 Å². The number of piperazine rings is 1. The van der Waals surface area contributed by atoms with Crippen LogP contribution in [0, 0.1) is 18.3 Å². The number of amides is 1. The molecule has 0 spiro atoms. The van der Waals surface area contributed by atoms with E-state index in [0.717, 1.165) is 13.1 Å². The standard InChI is InChI=1S/C11H16N3O.C2H6.Re/c1-3-4-11(15)14-8-7-13(2)9-10(14)5-6-12;1-2;/h3-4,10H,1,5,7-9H2,2H3;1-2H3;/q-1;;/b4-3+;;. The number of hydrogen-bond donors (Lipinski definition) is 0. The average molecular weight is 423 g/mol. The van der Waals surface area contributed by atoms with Crippen molar-refractivity contribution in [2.45, 2.75) is 26.3 Å². The van der Waals surface area contributed by atoms with E-state index in [1.165, 1.54) is 12.2 Å². The Labute approximate surface area is 124 Å². The van der Waals surface area contributed by atoms with Gasteiger partial charge in [-0.15, -0.1) is 6.08 Å². The van der Waals surface area contributed by atoms with E-state index >= 15 is 0 Å². The van der Waals surface area contributed by atoms with Gasteiger partial charge in [0.05, 0.1) is 18.5 Å². The van der Waals surface area contributed by atoms with Crippen molar-refractivity contribution in [1.82, 2.24) is 9.80 Å². The molecule has 103 valence electrons. The smallest absolute Gasteiger partial charge is 0.165 e. The molecule has 0 aromatic heterocycles. The Kier molecular flexibility index (Phi) is 12.3. The Balaban J connectivity index is 0. The molecular formula is C13H22N3ORe-. The molecule has 1 aliphatic heterocycles. The molecule has 1 rings (SSSR count). The Bertz CT molecular complexity index is 299. The van der Waals surface area contributed by atoms with E-state index in [1.54, 1.807) is 4.90 Å². The number of hydrogen-bond acceptors (Lipinski definition) is 3. The van der Waals surface area contributed by atoms with Crippen LogP contribution in [-0.2, 0) is 25.2 Å². The summed E-state index contributed by atoms with van der Waals surface area (Å²) in [6, 6.07) is 2.14. The van der Waals surface area contributed by atoms with Gasteiger partial charge in [0.15, 0.2) is 5.91 Å². The Morgan fingerprint density at radius 2 is 2.11 bits per heavy atom. The molecule has 0 aromatic rings. The van der Waals surface area contributed by atoms with Gasteiger partial charge in [0, 0.05) is 40.1 Å². The summed E-state index contributed by atoms with van der Waals surface area (Å²) in [5, 5.41) is 8.70. The minimum atomic E-state index is -0.0432. The zero-order valence-electron chi connectivity index (χ0n) is 11.4. The average Bonchev–Trinajstić information content (AvgIpc) is 2.32. The van der Waals surface area contributed by atoms with Crippen molar-refractivity contribution >= 4 is 5.91 Å². The second-order valence-electron chi connectivity index (χ2n) is 3.71. The van der Waals surface area contributed by atoms with Gasteiger partial charge in [0.2, 0.25) is 0 Å². The summed E-state index contributed by atoms with van der Waals surface area (Å²) in [6.07, 6.45) is 3.33. The monoisotopic (exact) mass is 423 g/mol. The first-order valence-electron chi connectivity index (χ1n) is 6.01. The van der Waals surface area contributed by atoms with Gasteiger partial charge in [-0.3, -0.25) is 4.79 Å². The van der Waals surface area contributed by atoms with Crippen LogP contribution in [0.5, 0.6) is 0 Å². The van der Waals surface area contributed by atoms with Crippen molar-refractivity contribution in [3.8, 4) is 6.07 Å². The van der Waals surface area contributed by atoms with Crippen molar-refractivity contribution in [2.24, 2.45) is 0 Å². The summed E-state index contributed by atoms with van der Waals surface area (Å²) in [4.78, 5) is 15.6. The molecular weight excluding hydrogens is 400 g/mol. The molecule has 0 aromatic carbocycles. The quantitative estimate of drug-likeness (QED) is 0.500. The molecule has 0 N–H and O–H groups in total. The van der Waals surface area contributed by atoms with Crippen molar-refractivity contribution in [2.75, 3.05) is 26.7 Å². The molecule has 0 bridgehead atoms. The Hall–Kier alpha value is -0.808. The van der Waals surface area contributed by atoms with E-state index in [4.69, 9.17) is 5.26 Å². The molecule has 1 amide bonds. The van der Waals surface area contributed by atoms with E-state index in [9.17, 15) is 4.79 Å². The van der Waals surface area contributed by atoms with E-state index in [-0.39, 0.29) is 32.4 Å². The van der Waals surface area contributed by atoms with Crippen LogP contribution in [-0.4, -0.2) is 48.4 Å². The van der Waals surface area contributed by atoms with Gasteiger partial charge in [-0.25, -0.2) is 13.0 Å². The van der Waals surface area contributed by atoms with E-state index in [2.05, 4.69) is 17.9 Å². The molecule has 1 unspecified atom stereocenters. The fourth-order valence-electron chi connectivity index (χ4n) is 1.78. The summed E-state index contributed by atoms with van der Waals surface area (Å²) in [5.41, 5.74) is 0. The first-order chi connectivity index (χ1) is 8.19. The van der Waals surface area contributed by atoms with Crippen LogP contribution in [0.25, 0.3) is 0 Å². The number of rotatable bonds is 2. The normalized spacial score (nSPS) is 19.4. The van der Waals surface area contributed by atoms with Crippen molar-refractivity contribution in [3.63, 3.8) is 0 Å². The van der Waals surface area contributed by atoms with Crippen LogP contribution in [0.1, 0.15) is 20.3 Å². The van der Waals surface area contributed by atoms with Gasteiger partial charge in [-0.05, 0) is 7.05 Å². The predicted molar refractivity (Wildman–Crippen MR) is 69.1 cm³/mol. The molecule has 1 radical (unpaired) electrons. The summed E-state index contributed by atoms with van der Waals surface area (Å²) in [7, 11) is 2.00.